The van der Waals surface area contributed by atoms with E-state index in [0.29, 0.717) is 17.0 Å². The summed E-state index contributed by atoms with van der Waals surface area (Å²) in [5.74, 6) is -2.37. The van der Waals surface area contributed by atoms with Gasteiger partial charge in [-0.2, -0.15) is 0 Å². The van der Waals surface area contributed by atoms with Crippen molar-refractivity contribution < 1.29 is 29.3 Å². The molecule has 1 aliphatic heterocycles. The number of hydrogen-bond donors (Lipinski definition) is 3. The van der Waals surface area contributed by atoms with E-state index >= 15 is 0 Å². The molecular weight excluding hydrogens is 338 g/mol. The highest BCUT2D eigenvalue weighted by molar-refractivity contribution is 6.00. The summed E-state index contributed by atoms with van der Waals surface area (Å²) in [5, 5.41) is 22.8. The third-order valence-corrected chi connectivity index (χ3v) is 4.01. The SMILES string of the molecule is CCOC(=O)C1=C(C)NC(C)=C(C(=O)OCC)C1c1cc(O)cc(O)c1. The molecule has 0 fully saturated rings. The smallest absolute Gasteiger partial charge is 0.336 e. The van der Waals surface area contributed by atoms with E-state index in [1.807, 2.05) is 0 Å². The second-order valence-corrected chi connectivity index (χ2v) is 5.86. The van der Waals surface area contributed by atoms with Crippen LogP contribution in [0.5, 0.6) is 11.5 Å². The van der Waals surface area contributed by atoms with Gasteiger partial charge in [0.1, 0.15) is 11.5 Å². The Morgan fingerprint density at radius 1 is 0.923 bits per heavy atom. The van der Waals surface area contributed by atoms with Crippen molar-refractivity contribution in [2.45, 2.75) is 33.6 Å². The van der Waals surface area contributed by atoms with Crippen LogP contribution in [0.4, 0.5) is 0 Å². The number of esters is 2. The summed E-state index contributed by atoms with van der Waals surface area (Å²) >= 11 is 0. The first-order valence-electron chi connectivity index (χ1n) is 8.35. The zero-order valence-electron chi connectivity index (χ0n) is 15.3. The largest absolute Gasteiger partial charge is 0.508 e. The van der Waals surface area contributed by atoms with Crippen LogP contribution < -0.4 is 5.32 Å². The Bertz CT molecular complexity index is 733. The molecule has 0 radical (unpaired) electrons. The average Bonchev–Trinajstić information content (AvgIpc) is 2.53. The fourth-order valence-electron chi connectivity index (χ4n) is 3.07. The van der Waals surface area contributed by atoms with Crippen LogP contribution in [0.3, 0.4) is 0 Å². The Morgan fingerprint density at radius 3 is 1.73 bits per heavy atom. The molecule has 1 aliphatic rings. The minimum Gasteiger partial charge on any atom is -0.508 e. The first-order chi connectivity index (χ1) is 12.3. The molecule has 3 N–H and O–H groups in total. The number of carbonyl (C=O) groups excluding carboxylic acids is 2. The molecule has 1 aromatic rings. The number of dihydropyridines is 1. The molecule has 2 rings (SSSR count). The molecule has 0 unspecified atom stereocenters. The molecule has 0 amide bonds. The lowest BCUT2D eigenvalue weighted by molar-refractivity contribution is -0.139. The Kier molecular flexibility index (Phi) is 5.92. The maximum Gasteiger partial charge on any atom is 0.336 e. The zero-order valence-corrected chi connectivity index (χ0v) is 15.3. The number of ether oxygens (including phenoxy) is 2. The highest BCUT2D eigenvalue weighted by Gasteiger charge is 2.38. The summed E-state index contributed by atoms with van der Waals surface area (Å²) in [6.45, 7) is 7.12. The van der Waals surface area contributed by atoms with Crippen LogP contribution in [-0.4, -0.2) is 35.4 Å². The third-order valence-electron chi connectivity index (χ3n) is 4.01. The summed E-state index contributed by atoms with van der Waals surface area (Å²) < 4.78 is 10.3. The van der Waals surface area contributed by atoms with E-state index in [1.54, 1.807) is 27.7 Å². The Labute approximate surface area is 151 Å². The van der Waals surface area contributed by atoms with Crippen molar-refractivity contribution in [3.63, 3.8) is 0 Å². The van der Waals surface area contributed by atoms with Gasteiger partial charge in [0.2, 0.25) is 0 Å². The van der Waals surface area contributed by atoms with Crippen molar-refractivity contribution in [3.05, 3.63) is 46.3 Å². The number of allylic oxidation sites excluding steroid dienone is 2. The number of phenols is 2. The maximum atomic E-state index is 12.6. The van der Waals surface area contributed by atoms with Crippen molar-refractivity contribution >= 4 is 11.9 Å². The Morgan fingerprint density at radius 2 is 1.35 bits per heavy atom. The van der Waals surface area contributed by atoms with E-state index in [9.17, 15) is 19.8 Å². The van der Waals surface area contributed by atoms with E-state index in [0.717, 1.165) is 0 Å². The summed E-state index contributed by atoms with van der Waals surface area (Å²) in [6.07, 6.45) is 0. The molecule has 0 bridgehead atoms. The first-order valence-corrected chi connectivity index (χ1v) is 8.35. The van der Waals surface area contributed by atoms with Crippen LogP contribution >= 0.6 is 0 Å². The number of hydrogen-bond acceptors (Lipinski definition) is 7. The van der Waals surface area contributed by atoms with E-state index < -0.39 is 17.9 Å². The maximum absolute atomic E-state index is 12.6. The summed E-state index contributed by atoms with van der Waals surface area (Å²) in [7, 11) is 0. The second-order valence-electron chi connectivity index (χ2n) is 5.86. The molecule has 0 spiro atoms. The van der Waals surface area contributed by atoms with Gasteiger partial charge < -0.3 is 25.0 Å². The lowest BCUT2D eigenvalue weighted by Crippen LogP contribution is -2.32. The molecule has 1 heterocycles. The number of phenolic OH excluding ortho intramolecular Hbond substituents is 2. The summed E-state index contributed by atoms with van der Waals surface area (Å²) in [6, 6.07) is 3.97. The number of benzene rings is 1. The lowest BCUT2D eigenvalue weighted by atomic mass is 9.80. The molecular formula is C19H23NO6. The molecule has 7 heteroatoms. The van der Waals surface area contributed by atoms with Gasteiger partial charge in [-0.05, 0) is 45.4 Å². The minimum absolute atomic E-state index is 0.172. The van der Waals surface area contributed by atoms with Gasteiger partial charge in [0.05, 0.1) is 30.3 Å². The lowest BCUT2D eigenvalue weighted by Gasteiger charge is -2.30. The quantitative estimate of drug-likeness (QED) is 0.692. The van der Waals surface area contributed by atoms with E-state index in [1.165, 1.54) is 18.2 Å². The molecule has 0 saturated carbocycles. The van der Waals surface area contributed by atoms with E-state index in [2.05, 4.69) is 5.32 Å². The number of rotatable bonds is 5. The van der Waals surface area contributed by atoms with Crippen LogP contribution in [-0.2, 0) is 19.1 Å². The van der Waals surface area contributed by atoms with Crippen molar-refractivity contribution in [1.29, 1.82) is 0 Å². The van der Waals surface area contributed by atoms with Gasteiger partial charge in [0.25, 0.3) is 0 Å². The third kappa shape index (κ3) is 3.82. The Hall–Kier alpha value is -2.96. The fourth-order valence-corrected chi connectivity index (χ4v) is 3.07. The molecule has 0 aliphatic carbocycles. The molecule has 0 atom stereocenters. The predicted molar refractivity (Wildman–Crippen MR) is 94.3 cm³/mol. The van der Waals surface area contributed by atoms with Crippen LogP contribution in [0.2, 0.25) is 0 Å². The topological polar surface area (TPSA) is 105 Å². The van der Waals surface area contributed by atoms with Crippen molar-refractivity contribution in [2.75, 3.05) is 13.2 Å². The van der Waals surface area contributed by atoms with Crippen LogP contribution in [0.15, 0.2) is 40.7 Å². The van der Waals surface area contributed by atoms with Gasteiger partial charge in [-0.25, -0.2) is 9.59 Å². The number of nitrogens with one attached hydrogen (secondary N) is 1. The zero-order chi connectivity index (χ0) is 19.4. The molecule has 1 aromatic carbocycles. The first kappa shape index (κ1) is 19.4. The summed E-state index contributed by atoms with van der Waals surface area (Å²) in [4.78, 5) is 25.2. The highest BCUT2D eigenvalue weighted by atomic mass is 16.5. The minimum atomic E-state index is -0.840. The van der Waals surface area contributed by atoms with Gasteiger partial charge >= 0.3 is 11.9 Å². The Balaban J connectivity index is 2.69. The monoisotopic (exact) mass is 361 g/mol. The molecule has 7 nitrogen and oxygen atoms in total. The van der Waals surface area contributed by atoms with Crippen molar-refractivity contribution in [3.8, 4) is 11.5 Å². The molecule has 0 aromatic heterocycles. The molecule has 26 heavy (non-hydrogen) atoms. The van der Waals surface area contributed by atoms with Crippen LogP contribution in [0, 0.1) is 0 Å². The van der Waals surface area contributed by atoms with Crippen molar-refractivity contribution in [1.82, 2.24) is 5.32 Å². The van der Waals surface area contributed by atoms with Gasteiger partial charge in [-0.3, -0.25) is 0 Å². The number of carbonyl (C=O) groups is 2. The molecule has 140 valence electrons. The average molecular weight is 361 g/mol. The van der Waals surface area contributed by atoms with Crippen molar-refractivity contribution in [2.24, 2.45) is 0 Å². The van der Waals surface area contributed by atoms with Crippen LogP contribution in [0.25, 0.3) is 0 Å². The van der Waals surface area contributed by atoms with Gasteiger partial charge in [0.15, 0.2) is 0 Å². The molecule has 0 saturated heterocycles. The van der Waals surface area contributed by atoms with Gasteiger partial charge in [-0.1, -0.05) is 0 Å². The normalized spacial score (nSPS) is 14.9. The highest BCUT2D eigenvalue weighted by Crippen LogP contribution is 2.41. The summed E-state index contributed by atoms with van der Waals surface area (Å²) in [5.41, 5.74) is 1.90. The standard InChI is InChI=1S/C19H23NO6/c1-5-25-18(23)15-10(3)20-11(4)16(19(24)26-6-2)17(15)12-7-13(21)9-14(22)8-12/h7-9,17,20-22H,5-6H2,1-4H3. The fraction of sp³-hybridized carbons (Fsp3) is 0.368. The number of aromatic hydroxyl groups is 2. The second kappa shape index (κ2) is 7.95. The van der Waals surface area contributed by atoms with Gasteiger partial charge in [0, 0.05) is 17.5 Å². The van der Waals surface area contributed by atoms with Gasteiger partial charge in [-0.15, -0.1) is 0 Å². The van der Waals surface area contributed by atoms with E-state index in [4.69, 9.17) is 9.47 Å². The van der Waals surface area contributed by atoms with E-state index in [-0.39, 0.29) is 35.9 Å². The van der Waals surface area contributed by atoms with Crippen LogP contribution in [0.1, 0.15) is 39.2 Å². The predicted octanol–water partition coefficient (Wildman–Crippen LogP) is 2.46.